The molecule has 1 aliphatic rings. The van der Waals surface area contributed by atoms with Crippen molar-refractivity contribution in [3.63, 3.8) is 0 Å². The van der Waals surface area contributed by atoms with Crippen molar-refractivity contribution < 1.29 is 67.1 Å². The van der Waals surface area contributed by atoms with Crippen LogP contribution in [0.1, 0.15) is 57.4 Å². The lowest BCUT2D eigenvalue weighted by Gasteiger charge is -2.30. The van der Waals surface area contributed by atoms with Crippen molar-refractivity contribution in [3.8, 4) is 11.5 Å². The molecule has 1 unspecified atom stereocenters. The maximum Gasteiger partial charge on any atom is 0.527 e. The molecule has 27 heteroatoms. The van der Waals surface area contributed by atoms with Crippen LogP contribution in [0.25, 0.3) is 0 Å². The van der Waals surface area contributed by atoms with Crippen molar-refractivity contribution in [3.05, 3.63) is 48.0 Å². The summed E-state index contributed by atoms with van der Waals surface area (Å²) in [5, 5.41) is 40.4. The Morgan fingerprint density at radius 2 is 1.61 bits per heavy atom. The van der Waals surface area contributed by atoms with E-state index in [4.69, 9.17) is 32.0 Å². The molecule has 0 aliphatic carbocycles. The number of carboxylic acids is 1. The molecule has 7 atom stereocenters. The molecule has 2 aromatic carbocycles. The standard InChI is InChI=1S/C43H70N13O13P/c1-26(57)37(45)40(62)52-31(9-5-6-18-44)41(63)55-20-8-11-34(55)39(61)51-30(10-7-19-48-43(46)47)38(60)49-25-36(59)50-33(42(64)65)24-27-12-17-35(58)32(23-27)54-53-28-13-15-29(16-14-28)69-70(66,67)68-22-21-56(2,3)4/h12-17,23,26,30-31,33-34,37,53-54,57H,5-11,18-22,24-25,44-45H2,1-4H3,(H10-,46,47,48,49,50,51,52,58,59,60,61,62,64,65,66,67)/p+1/t26-,30+,31+,33+,34+,37+/m1/s1. The number of phosphoric acid groups is 1. The van der Waals surface area contributed by atoms with Gasteiger partial charge in [-0.15, -0.1) is 0 Å². The van der Waals surface area contributed by atoms with E-state index >= 15 is 0 Å². The number of nitrogens with zero attached hydrogens (tertiary/aromatic N) is 3. The van der Waals surface area contributed by atoms with Gasteiger partial charge in [-0.1, -0.05) is 6.07 Å². The van der Waals surface area contributed by atoms with Crippen molar-refractivity contribution in [1.29, 1.82) is 0 Å². The number of aliphatic hydroxyl groups excluding tert-OH is 1. The summed E-state index contributed by atoms with van der Waals surface area (Å²) >= 11 is 0. The maximum atomic E-state index is 13.9. The Labute approximate surface area is 406 Å². The highest BCUT2D eigenvalue weighted by Gasteiger charge is 2.39. The van der Waals surface area contributed by atoms with Gasteiger partial charge in [0, 0.05) is 19.5 Å². The molecule has 0 aromatic heterocycles. The van der Waals surface area contributed by atoms with Gasteiger partial charge in [0.1, 0.15) is 54.9 Å². The molecule has 1 fully saturated rings. The van der Waals surface area contributed by atoms with Gasteiger partial charge in [0.25, 0.3) is 0 Å². The van der Waals surface area contributed by atoms with E-state index in [9.17, 15) is 53.5 Å². The number of anilines is 2. The molecular weight excluding hydrogens is 938 g/mol. The van der Waals surface area contributed by atoms with E-state index in [-0.39, 0.29) is 74.9 Å². The smallest absolute Gasteiger partial charge is 0.506 e. The number of aliphatic hydroxyl groups is 1. The first-order chi connectivity index (χ1) is 32.9. The highest BCUT2D eigenvalue weighted by Crippen LogP contribution is 2.44. The van der Waals surface area contributed by atoms with E-state index in [1.807, 2.05) is 21.1 Å². The number of phenolic OH excluding ortho intramolecular Hbond substituents is 1. The van der Waals surface area contributed by atoms with Crippen molar-refractivity contribution in [2.75, 3.05) is 71.3 Å². The second kappa shape index (κ2) is 27.8. The van der Waals surface area contributed by atoms with Gasteiger partial charge >= 0.3 is 13.8 Å². The van der Waals surface area contributed by atoms with Crippen molar-refractivity contribution >= 4 is 60.7 Å². The Bertz CT molecular complexity index is 2160. The first kappa shape index (κ1) is 58.0. The van der Waals surface area contributed by atoms with E-state index in [0.29, 0.717) is 48.1 Å². The number of rotatable bonds is 30. The number of aromatic hydroxyl groups is 1. The third-order valence-electron chi connectivity index (χ3n) is 10.8. The summed E-state index contributed by atoms with van der Waals surface area (Å²) in [5.41, 5.74) is 28.9. The third-order valence-corrected chi connectivity index (χ3v) is 11.7. The summed E-state index contributed by atoms with van der Waals surface area (Å²) in [6, 6.07) is 3.92. The molecule has 26 nitrogen and oxygen atoms in total. The fourth-order valence-electron chi connectivity index (χ4n) is 6.89. The number of carbonyl (C=O) groups is 6. The Kier molecular flexibility index (Phi) is 23.0. The first-order valence-electron chi connectivity index (χ1n) is 22.7. The maximum absolute atomic E-state index is 13.9. The number of likely N-dealkylation sites (N-methyl/N-ethyl adjacent to an activating group) is 1. The molecule has 390 valence electrons. The number of unbranched alkanes of at least 4 members (excludes halogenated alkanes) is 1. The number of hydrogen-bond donors (Lipinski definition) is 14. The van der Waals surface area contributed by atoms with Gasteiger partial charge in [0.2, 0.25) is 29.5 Å². The van der Waals surface area contributed by atoms with Gasteiger partial charge in [-0.25, -0.2) is 9.36 Å². The molecule has 1 saturated heterocycles. The fraction of sp³-hybridized carbons (Fsp3) is 0.558. The van der Waals surface area contributed by atoms with Gasteiger partial charge in [-0.3, -0.25) is 43.8 Å². The van der Waals surface area contributed by atoms with E-state index < -0.39 is 86.2 Å². The van der Waals surface area contributed by atoms with Crippen LogP contribution >= 0.6 is 7.82 Å². The van der Waals surface area contributed by atoms with Crippen LogP contribution in [0.3, 0.4) is 0 Å². The Balaban J connectivity index is 1.64. The molecule has 18 N–H and O–H groups in total. The number of guanidine groups is 1. The van der Waals surface area contributed by atoms with Gasteiger partial charge in [-0.05, 0) is 100 Å². The van der Waals surface area contributed by atoms with E-state index in [1.165, 1.54) is 54.3 Å². The zero-order chi connectivity index (χ0) is 52.2. The van der Waals surface area contributed by atoms with Crippen LogP contribution in [0.4, 0.5) is 11.4 Å². The van der Waals surface area contributed by atoms with Crippen LogP contribution in [0.5, 0.6) is 11.5 Å². The number of phosphoric ester groups is 1. The van der Waals surface area contributed by atoms with E-state index in [0.717, 1.165) is 0 Å². The Hall–Kier alpha value is -6.28. The summed E-state index contributed by atoms with van der Waals surface area (Å²) in [6.07, 6.45) is 0.642. The number of phenols is 1. The van der Waals surface area contributed by atoms with Crippen LogP contribution in [0.15, 0.2) is 47.5 Å². The SMILES string of the molecule is C[C@@H](O)[C@H](N)C(=O)N[C@@H](CCCCN)C(=O)N1CCC[C@H]1C(=O)N[C@@H](CCCN=C(N)N)C(=O)NCC(=O)N[C@@H](Cc1ccc(O)c(NNc2ccc(OP(=O)(O)OCC[N+](C)(C)C)cc2)c1)C(=O)O. The second-order valence-corrected chi connectivity index (χ2v) is 19.1. The quantitative estimate of drug-likeness (QED) is 0.00774. The number of likely N-dealkylation sites (tertiary alicyclic amines) is 1. The number of hydrazine groups is 1. The summed E-state index contributed by atoms with van der Waals surface area (Å²) in [4.78, 5) is 94.7. The predicted molar refractivity (Wildman–Crippen MR) is 258 cm³/mol. The summed E-state index contributed by atoms with van der Waals surface area (Å²) < 4.78 is 23.0. The van der Waals surface area contributed by atoms with Crippen LogP contribution in [0, 0.1) is 0 Å². The number of aliphatic carboxylic acids is 1. The normalized spacial score (nSPS) is 16.5. The average molecular weight is 1010 g/mol. The van der Waals surface area contributed by atoms with Gasteiger partial charge in [0.15, 0.2) is 5.96 Å². The van der Waals surface area contributed by atoms with Crippen molar-refractivity contribution in [2.45, 2.75) is 94.6 Å². The monoisotopic (exact) mass is 1010 g/mol. The molecule has 2 aromatic rings. The van der Waals surface area contributed by atoms with Gasteiger partial charge in [-0.2, -0.15) is 0 Å². The molecule has 1 aliphatic heterocycles. The molecule has 70 heavy (non-hydrogen) atoms. The number of amides is 5. The third kappa shape index (κ3) is 20.4. The van der Waals surface area contributed by atoms with Gasteiger partial charge < -0.3 is 78.9 Å². The lowest BCUT2D eigenvalue weighted by atomic mass is 10.0. The Morgan fingerprint density at radius 3 is 2.24 bits per heavy atom. The minimum Gasteiger partial charge on any atom is -0.506 e. The average Bonchev–Trinajstić information content (AvgIpc) is 3.78. The topological polar surface area (TPSA) is 411 Å². The summed E-state index contributed by atoms with van der Waals surface area (Å²) in [7, 11) is 1.33. The highest BCUT2D eigenvalue weighted by molar-refractivity contribution is 7.47. The number of quaternary nitrogens is 1. The first-order valence-corrected chi connectivity index (χ1v) is 24.2. The second-order valence-electron chi connectivity index (χ2n) is 17.7. The zero-order valence-corrected chi connectivity index (χ0v) is 40.9. The number of nitrogens with one attached hydrogen (secondary N) is 6. The molecule has 5 amide bonds. The molecule has 0 bridgehead atoms. The predicted octanol–water partition coefficient (Wildman–Crippen LogP) is -1.89. The molecular formula is C43H71N13O13P+. The van der Waals surface area contributed by atoms with Gasteiger partial charge in [0.05, 0.1) is 45.2 Å². The number of carboxylic acid groups (broad SMARTS) is 1. The molecule has 0 saturated carbocycles. The highest BCUT2D eigenvalue weighted by atomic mass is 31.2. The minimum absolute atomic E-state index is 0.00343. The molecule has 3 rings (SSSR count). The number of aliphatic imine (C=N–C) groups is 1. The lowest BCUT2D eigenvalue weighted by Crippen LogP contribution is -2.58. The number of carbonyl (C=O) groups excluding carboxylic acids is 5. The fourth-order valence-corrected chi connectivity index (χ4v) is 7.64. The number of hydrogen-bond acceptors (Lipinski definition) is 16. The largest absolute Gasteiger partial charge is 0.527 e. The van der Waals surface area contributed by atoms with Crippen LogP contribution in [0.2, 0.25) is 0 Å². The molecule has 0 radical (unpaired) electrons. The Morgan fingerprint density at radius 1 is 0.929 bits per heavy atom. The summed E-state index contributed by atoms with van der Waals surface area (Å²) in [5.74, 6) is -5.40. The van der Waals surface area contributed by atoms with Crippen molar-refractivity contribution in [2.24, 2.45) is 27.9 Å². The molecule has 0 spiro atoms. The lowest BCUT2D eigenvalue weighted by molar-refractivity contribution is -0.870. The number of benzene rings is 2. The zero-order valence-electron chi connectivity index (χ0n) is 40.0. The van der Waals surface area contributed by atoms with Crippen LogP contribution in [-0.4, -0.2) is 168 Å². The van der Waals surface area contributed by atoms with Crippen molar-refractivity contribution in [1.82, 2.24) is 26.2 Å². The minimum atomic E-state index is -4.38. The van der Waals surface area contributed by atoms with E-state index in [2.05, 4.69) is 37.1 Å². The summed E-state index contributed by atoms with van der Waals surface area (Å²) in [6.45, 7) is 1.72. The number of nitrogens with two attached hydrogens (primary N) is 4. The van der Waals surface area contributed by atoms with Crippen LogP contribution < -0.4 is 59.6 Å². The molecule has 1 heterocycles. The van der Waals surface area contributed by atoms with E-state index in [1.54, 1.807) is 0 Å². The van der Waals surface area contributed by atoms with Crippen LogP contribution in [-0.2, 0) is 44.3 Å².